The number of hydrogen-bond donors (Lipinski definition) is 0. The van der Waals surface area contributed by atoms with Crippen LogP contribution in [0.15, 0.2) is 29.4 Å². The molecule has 1 aliphatic rings. The maximum Gasteiger partial charge on any atom is 0.139 e. The van der Waals surface area contributed by atoms with Gasteiger partial charge in [-0.05, 0) is 24.3 Å². The molecular weight excluding hydrogens is 198 g/mol. The predicted molar refractivity (Wildman–Crippen MR) is 65.8 cm³/mol. The molecule has 0 atom stereocenters. The molecule has 0 aliphatic heterocycles. The Balaban J connectivity index is 2.20. The summed E-state index contributed by atoms with van der Waals surface area (Å²) in [6.07, 6.45) is 9.64. The monoisotopic (exact) mass is 216 g/mol. The van der Waals surface area contributed by atoms with Crippen LogP contribution in [-0.2, 0) is 4.84 Å². The fourth-order valence-corrected chi connectivity index (χ4v) is 2.46. The Bertz CT molecular complexity index is 354. The Morgan fingerprint density at radius 2 is 1.94 bits per heavy atom. The minimum absolute atomic E-state index is 0.685. The first-order chi connectivity index (χ1) is 7.92. The van der Waals surface area contributed by atoms with E-state index < -0.39 is 0 Å². The van der Waals surface area contributed by atoms with E-state index in [9.17, 15) is 0 Å². The molecule has 0 bridgehead atoms. The Hall–Kier alpha value is -1.31. The highest BCUT2D eigenvalue weighted by Gasteiger charge is 2.17. The Labute approximate surface area is 97.3 Å². The van der Waals surface area contributed by atoms with Crippen LogP contribution >= 0.6 is 0 Å². The highest BCUT2D eigenvalue weighted by molar-refractivity contribution is 5.81. The molecule has 1 aromatic carbocycles. The second-order valence-electron chi connectivity index (χ2n) is 4.31. The van der Waals surface area contributed by atoms with Crippen LogP contribution in [0.2, 0.25) is 0 Å². The van der Waals surface area contributed by atoms with E-state index in [-0.39, 0.29) is 0 Å². The Morgan fingerprint density at radius 1 is 1.19 bits per heavy atom. The van der Waals surface area contributed by atoms with Gasteiger partial charge in [0.15, 0.2) is 0 Å². The lowest BCUT2D eigenvalue weighted by Gasteiger charge is -2.23. The van der Waals surface area contributed by atoms with Crippen molar-refractivity contribution in [3.63, 3.8) is 0 Å². The largest absolute Gasteiger partial charge is 0.399 e. The summed E-state index contributed by atoms with van der Waals surface area (Å²) in [5.74, 6) is 0.685. The maximum absolute atomic E-state index is 4.70. The van der Waals surface area contributed by atoms with Crippen molar-refractivity contribution in [2.75, 3.05) is 7.11 Å². The zero-order valence-corrected chi connectivity index (χ0v) is 9.78. The van der Waals surface area contributed by atoms with Gasteiger partial charge in [-0.3, -0.25) is 0 Å². The summed E-state index contributed by atoms with van der Waals surface area (Å²) in [7, 11) is 1.55. The first-order valence-corrected chi connectivity index (χ1v) is 6.00. The lowest BCUT2D eigenvalue weighted by molar-refractivity contribution is 0.215. The van der Waals surface area contributed by atoms with Gasteiger partial charge in [-0.1, -0.05) is 48.7 Å². The van der Waals surface area contributed by atoms with E-state index in [0.717, 1.165) is 5.56 Å². The third-order valence-corrected chi connectivity index (χ3v) is 3.26. The molecule has 2 nitrogen and oxygen atoms in total. The fraction of sp³-hybridized carbons (Fsp3) is 0.500. The molecule has 1 saturated carbocycles. The van der Waals surface area contributed by atoms with Crippen LogP contribution in [0.25, 0.3) is 0 Å². The van der Waals surface area contributed by atoms with Gasteiger partial charge in [-0.15, -0.1) is 0 Å². The minimum atomic E-state index is 0.685. The molecule has 1 aliphatic carbocycles. The number of nitrogens with zero attached hydrogens (tertiary/aromatic N) is 1. The van der Waals surface area contributed by atoms with Gasteiger partial charge in [0.2, 0.25) is 0 Å². The van der Waals surface area contributed by atoms with Crippen molar-refractivity contribution >= 4 is 6.21 Å². The van der Waals surface area contributed by atoms with Crippen LogP contribution in [0.1, 0.15) is 49.1 Å². The molecule has 0 N–H and O–H groups in total. The molecule has 16 heavy (non-hydrogen) atoms. The summed E-state index contributed by atoms with van der Waals surface area (Å²) < 4.78 is 0. The van der Waals surface area contributed by atoms with Crippen LogP contribution in [0.5, 0.6) is 0 Å². The standard InChI is InChI=1S/C14H18NO/c1-16-15-11-13-9-5-6-10-14(13)12-7-3-2-4-8-12/h5-6,9-10,12H,2-4,7-8H2,1H3. The summed E-state index contributed by atoms with van der Waals surface area (Å²) in [6.45, 7) is 0. The SMILES string of the molecule is CO/N=[C]\c1ccccc1C1CCCCC1. The summed E-state index contributed by atoms with van der Waals surface area (Å²) in [5, 5.41) is 3.75. The molecule has 2 heteroatoms. The molecule has 0 amide bonds. The third-order valence-electron chi connectivity index (χ3n) is 3.26. The van der Waals surface area contributed by atoms with Gasteiger partial charge in [0.25, 0.3) is 0 Å². The van der Waals surface area contributed by atoms with Crippen molar-refractivity contribution in [2.45, 2.75) is 38.0 Å². The zero-order valence-electron chi connectivity index (χ0n) is 9.78. The predicted octanol–water partition coefficient (Wildman–Crippen LogP) is 3.59. The lowest BCUT2D eigenvalue weighted by atomic mass is 9.82. The average molecular weight is 216 g/mol. The second kappa shape index (κ2) is 5.69. The normalized spacial score (nSPS) is 17.8. The van der Waals surface area contributed by atoms with E-state index in [1.807, 2.05) is 6.07 Å². The molecule has 1 aromatic rings. The van der Waals surface area contributed by atoms with Crippen LogP contribution in [0.3, 0.4) is 0 Å². The molecule has 2 rings (SSSR count). The van der Waals surface area contributed by atoms with Crippen molar-refractivity contribution in [1.82, 2.24) is 0 Å². The highest BCUT2D eigenvalue weighted by Crippen LogP contribution is 2.33. The van der Waals surface area contributed by atoms with Crippen molar-refractivity contribution < 1.29 is 4.84 Å². The summed E-state index contributed by atoms with van der Waals surface area (Å²) in [6, 6.07) is 8.39. The molecule has 85 valence electrons. The van der Waals surface area contributed by atoms with Gasteiger partial charge < -0.3 is 4.84 Å². The number of benzene rings is 1. The van der Waals surface area contributed by atoms with Crippen LogP contribution < -0.4 is 0 Å². The van der Waals surface area contributed by atoms with Gasteiger partial charge in [0.05, 0.1) is 0 Å². The van der Waals surface area contributed by atoms with Crippen molar-refractivity contribution in [3.8, 4) is 0 Å². The summed E-state index contributed by atoms with van der Waals surface area (Å²) in [5.41, 5.74) is 2.46. The number of rotatable bonds is 3. The maximum atomic E-state index is 4.70. The van der Waals surface area contributed by atoms with Crippen molar-refractivity contribution in [2.24, 2.45) is 5.16 Å². The van der Waals surface area contributed by atoms with Crippen LogP contribution in [-0.4, -0.2) is 13.3 Å². The van der Waals surface area contributed by atoms with E-state index in [4.69, 9.17) is 4.84 Å². The van der Waals surface area contributed by atoms with E-state index in [1.165, 1.54) is 37.7 Å². The Kier molecular flexibility index (Phi) is 3.97. The lowest BCUT2D eigenvalue weighted by Crippen LogP contribution is -2.07. The summed E-state index contributed by atoms with van der Waals surface area (Å²) >= 11 is 0. The molecule has 0 aromatic heterocycles. The molecule has 1 radical (unpaired) electrons. The average Bonchev–Trinajstić information content (AvgIpc) is 2.38. The molecule has 0 saturated heterocycles. The van der Waals surface area contributed by atoms with Gasteiger partial charge in [-0.2, -0.15) is 0 Å². The van der Waals surface area contributed by atoms with E-state index in [0.29, 0.717) is 5.92 Å². The molecule has 0 spiro atoms. The Morgan fingerprint density at radius 3 is 2.69 bits per heavy atom. The van der Waals surface area contributed by atoms with E-state index in [1.54, 1.807) is 7.11 Å². The van der Waals surface area contributed by atoms with Crippen LogP contribution in [0, 0.1) is 0 Å². The van der Waals surface area contributed by atoms with E-state index in [2.05, 4.69) is 29.6 Å². The van der Waals surface area contributed by atoms with Gasteiger partial charge in [0, 0.05) is 5.56 Å². The minimum Gasteiger partial charge on any atom is -0.399 e. The van der Waals surface area contributed by atoms with Crippen molar-refractivity contribution in [1.29, 1.82) is 0 Å². The first kappa shape index (κ1) is 11.2. The summed E-state index contributed by atoms with van der Waals surface area (Å²) in [4.78, 5) is 4.70. The first-order valence-electron chi connectivity index (χ1n) is 6.00. The molecule has 0 unspecified atom stereocenters. The fourth-order valence-electron chi connectivity index (χ4n) is 2.46. The molecule has 0 heterocycles. The highest BCUT2D eigenvalue weighted by atomic mass is 16.6. The quantitative estimate of drug-likeness (QED) is 0.559. The van der Waals surface area contributed by atoms with Crippen molar-refractivity contribution in [3.05, 3.63) is 35.4 Å². The van der Waals surface area contributed by atoms with Crippen LogP contribution in [0.4, 0.5) is 0 Å². The molecule has 1 fully saturated rings. The second-order valence-corrected chi connectivity index (χ2v) is 4.31. The smallest absolute Gasteiger partial charge is 0.139 e. The zero-order chi connectivity index (χ0) is 11.2. The third kappa shape index (κ3) is 2.63. The number of hydrogen-bond acceptors (Lipinski definition) is 2. The van der Waals surface area contributed by atoms with Gasteiger partial charge in [0.1, 0.15) is 13.3 Å². The van der Waals surface area contributed by atoms with E-state index >= 15 is 0 Å². The van der Waals surface area contributed by atoms with Gasteiger partial charge >= 0.3 is 0 Å². The molecular formula is C14H18NO. The topological polar surface area (TPSA) is 21.6 Å². The van der Waals surface area contributed by atoms with Gasteiger partial charge in [-0.25, -0.2) is 0 Å².